The molecule has 2 rings (SSSR count). The molecule has 2 aromatic heterocycles. The van der Waals surface area contributed by atoms with Gasteiger partial charge in [0.2, 0.25) is 0 Å². The van der Waals surface area contributed by atoms with E-state index in [2.05, 4.69) is 14.8 Å². The molecule has 5 nitrogen and oxygen atoms in total. The number of halogens is 1. The Balaban J connectivity index is 2.83. The van der Waals surface area contributed by atoms with E-state index in [0.29, 0.717) is 5.65 Å². The Bertz CT molecular complexity index is 535. The monoisotopic (exact) mass is 209 g/mol. The average molecular weight is 209 g/mol. The van der Waals surface area contributed by atoms with Gasteiger partial charge in [0, 0.05) is 6.07 Å². The summed E-state index contributed by atoms with van der Waals surface area (Å²) in [4.78, 5) is 15.3. The highest BCUT2D eigenvalue weighted by molar-refractivity contribution is 5.88. The van der Waals surface area contributed by atoms with Crippen LogP contribution in [0.25, 0.3) is 5.65 Å². The summed E-state index contributed by atoms with van der Waals surface area (Å²) in [5.74, 6) is -1.48. The van der Waals surface area contributed by atoms with Crippen LogP contribution in [0.4, 0.5) is 4.39 Å². The van der Waals surface area contributed by atoms with Crippen LogP contribution in [0, 0.1) is 12.7 Å². The standard InChI is InChI=1S/C9H8FN3O2/c1-5-7(10)8(9(14)15-2)13-6(12-5)3-4-11-13/h3-4H,1-2H3. The van der Waals surface area contributed by atoms with Crippen molar-refractivity contribution in [3.05, 3.63) is 29.5 Å². The minimum atomic E-state index is -0.772. The molecule has 0 unspecified atom stereocenters. The first kappa shape index (κ1) is 9.57. The Morgan fingerprint density at radius 2 is 2.33 bits per heavy atom. The molecule has 0 saturated carbocycles. The average Bonchev–Trinajstić information content (AvgIpc) is 2.66. The number of nitrogens with zero attached hydrogens (tertiary/aromatic N) is 3. The van der Waals surface area contributed by atoms with Crippen LogP contribution in [0.2, 0.25) is 0 Å². The number of esters is 1. The Labute approximate surface area is 84.5 Å². The summed E-state index contributed by atoms with van der Waals surface area (Å²) in [5, 5.41) is 3.80. The van der Waals surface area contributed by atoms with Gasteiger partial charge in [0.15, 0.2) is 17.2 Å². The first-order valence-electron chi connectivity index (χ1n) is 4.23. The van der Waals surface area contributed by atoms with Gasteiger partial charge >= 0.3 is 5.97 Å². The smallest absolute Gasteiger partial charge is 0.359 e. The second-order valence-electron chi connectivity index (χ2n) is 2.95. The van der Waals surface area contributed by atoms with E-state index in [-0.39, 0.29) is 11.4 Å². The van der Waals surface area contributed by atoms with Crippen LogP contribution in [0.3, 0.4) is 0 Å². The number of ether oxygens (including phenoxy) is 1. The fraction of sp³-hybridized carbons (Fsp3) is 0.222. The number of hydrogen-bond donors (Lipinski definition) is 0. The van der Waals surface area contributed by atoms with Crippen LogP contribution in [-0.4, -0.2) is 27.7 Å². The third-order valence-corrected chi connectivity index (χ3v) is 2.02. The highest BCUT2D eigenvalue weighted by atomic mass is 19.1. The summed E-state index contributed by atoms with van der Waals surface area (Å²) in [7, 11) is 1.19. The van der Waals surface area contributed by atoms with Crippen LogP contribution < -0.4 is 0 Å². The predicted octanol–water partition coefficient (Wildman–Crippen LogP) is 0.963. The van der Waals surface area contributed by atoms with E-state index >= 15 is 0 Å². The minimum Gasteiger partial charge on any atom is -0.464 e. The van der Waals surface area contributed by atoms with E-state index in [1.54, 1.807) is 6.07 Å². The first-order chi connectivity index (χ1) is 7.15. The van der Waals surface area contributed by atoms with Crippen LogP contribution in [0.15, 0.2) is 12.3 Å². The lowest BCUT2D eigenvalue weighted by atomic mass is 10.3. The van der Waals surface area contributed by atoms with Crippen molar-refractivity contribution in [3.8, 4) is 0 Å². The van der Waals surface area contributed by atoms with Crippen LogP contribution in [-0.2, 0) is 4.74 Å². The van der Waals surface area contributed by atoms with E-state index in [1.165, 1.54) is 20.2 Å². The molecule has 0 aliphatic heterocycles. The number of aromatic nitrogens is 3. The molecule has 0 aliphatic carbocycles. The van der Waals surface area contributed by atoms with E-state index in [1.807, 2.05) is 0 Å². The maximum atomic E-state index is 13.6. The van der Waals surface area contributed by atoms with Crippen LogP contribution in [0.1, 0.15) is 16.2 Å². The van der Waals surface area contributed by atoms with Gasteiger partial charge in [-0.3, -0.25) is 0 Å². The lowest BCUT2D eigenvalue weighted by Gasteiger charge is -2.05. The molecule has 0 atom stereocenters. The largest absolute Gasteiger partial charge is 0.464 e. The molecule has 2 aromatic rings. The number of aryl methyl sites for hydroxylation is 1. The zero-order valence-corrected chi connectivity index (χ0v) is 8.19. The molecule has 0 spiro atoms. The van der Waals surface area contributed by atoms with Gasteiger partial charge in [0.25, 0.3) is 0 Å². The van der Waals surface area contributed by atoms with Gasteiger partial charge in [0.1, 0.15) is 0 Å². The molecule has 6 heteroatoms. The molecule has 0 aromatic carbocycles. The fourth-order valence-corrected chi connectivity index (χ4v) is 1.31. The van der Waals surface area contributed by atoms with Gasteiger partial charge in [-0.25, -0.2) is 18.7 Å². The van der Waals surface area contributed by atoms with Crippen molar-refractivity contribution in [2.45, 2.75) is 6.92 Å². The van der Waals surface area contributed by atoms with Crippen molar-refractivity contribution < 1.29 is 13.9 Å². The summed E-state index contributed by atoms with van der Waals surface area (Å²) in [6.45, 7) is 1.48. The Kier molecular flexibility index (Phi) is 2.11. The third-order valence-electron chi connectivity index (χ3n) is 2.02. The summed E-state index contributed by atoms with van der Waals surface area (Å²) in [5.41, 5.74) is 0.322. The summed E-state index contributed by atoms with van der Waals surface area (Å²) >= 11 is 0. The Morgan fingerprint density at radius 3 is 3.00 bits per heavy atom. The summed E-state index contributed by atoms with van der Waals surface area (Å²) in [6, 6.07) is 1.58. The molecule has 0 bridgehead atoms. The van der Waals surface area contributed by atoms with Crippen LogP contribution in [0.5, 0.6) is 0 Å². The molecular formula is C9H8FN3O2. The summed E-state index contributed by atoms with van der Waals surface area (Å²) in [6.07, 6.45) is 1.44. The molecule has 0 fully saturated rings. The maximum absolute atomic E-state index is 13.6. The lowest BCUT2D eigenvalue weighted by molar-refractivity contribution is 0.0584. The van der Waals surface area contributed by atoms with Gasteiger partial charge < -0.3 is 4.74 Å². The second-order valence-corrected chi connectivity index (χ2v) is 2.95. The van der Waals surface area contributed by atoms with Gasteiger partial charge in [-0.2, -0.15) is 5.10 Å². The maximum Gasteiger partial charge on any atom is 0.359 e. The topological polar surface area (TPSA) is 56.5 Å². The normalized spacial score (nSPS) is 10.6. The second kappa shape index (κ2) is 3.30. The van der Waals surface area contributed by atoms with Crippen molar-refractivity contribution in [2.24, 2.45) is 0 Å². The molecule has 15 heavy (non-hydrogen) atoms. The number of rotatable bonds is 1. The van der Waals surface area contributed by atoms with E-state index in [0.717, 1.165) is 4.52 Å². The van der Waals surface area contributed by atoms with E-state index in [9.17, 15) is 9.18 Å². The molecule has 0 saturated heterocycles. The van der Waals surface area contributed by atoms with Gasteiger partial charge in [0.05, 0.1) is 19.0 Å². The van der Waals surface area contributed by atoms with Gasteiger partial charge in [-0.15, -0.1) is 0 Å². The molecule has 2 heterocycles. The zero-order valence-electron chi connectivity index (χ0n) is 8.19. The molecule has 0 amide bonds. The Morgan fingerprint density at radius 1 is 1.60 bits per heavy atom. The van der Waals surface area contributed by atoms with Crippen molar-refractivity contribution in [1.29, 1.82) is 0 Å². The molecular weight excluding hydrogens is 201 g/mol. The number of hydrogen-bond acceptors (Lipinski definition) is 4. The molecule has 78 valence electrons. The fourth-order valence-electron chi connectivity index (χ4n) is 1.31. The van der Waals surface area contributed by atoms with Crippen molar-refractivity contribution in [2.75, 3.05) is 7.11 Å². The van der Waals surface area contributed by atoms with Crippen molar-refractivity contribution >= 4 is 11.6 Å². The number of carbonyl (C=O) groups excluding carboxylic acids is 1. The molecule has 0 radical (unpaired) electrons. The third kappa shape index (κ3) is 1.34. The number of methoxy groups -OCH3 is 1. The Hall–Kier alpha value is -1.98. The number of fused-ring (bicyclic) bond motifs is 1. The van der Waals surface area contributed by atoms with Crippen molar-refractivity contribution in [3.63, 3.8) is 0 Å². The molecule has 0 N–H and O–H groups in total. The van der Waals surface area contributed by atoms with Crippen molar-refractivity contribution in [1.82, 2.24) is 14.6 Å². The number of carbonyl (C=O) groups is 1. The van der Waals surface area contributed by atoms with Gasteiger partial charge in [-0.1, -0.05) is 0 Å². The van der Waals surface area contributed by atoms with Crippen LogP contribution >= 0.6 is 0 Å². The SMILES string of the molecule is COC(=O)c1c(F)c(C)nc2ccnn12. The molecule has 0 aliphatic rings. The minimum absolute atomic E-state index is 0.142. The van der Waals surface area contributed by atoms with Gasteiger partial charge in [-0.05, 0) is 6.92 Å². The highest BCUT2D eigenvalue weighted by Gasteiger charge is 2.20. The first-order valence-corrected chi connectivity index (χ1v) is 4.23. The quantitative estimate of drug-likeness (QED) is 0.656. The zero-order chi connectivity index (χ0) is 11.0. The lowest BCUT2D eigenvalue weighted by Crippen LogP contribution is -2.14. The highest BCUT2D eigenvalue weighted by Crippen LogP contribution is 2.13. The van der Waals surface area contributed by atoms with E-state index in [4.69, 9.17) is 0 Å². The predicted molar refractivity (Wildman–Crippen MR) is 49.0 cm³/mol. The van der Waals surface area contributed by atoms with E-state index < -0.39 is 11.8 Å². The summed E-state index contributed by atoms with van der Waals surface area (Å²) < 4.78 is 19.2.